The van der Waals surface area contributed by atoms with Crippen LogP contribution in [0.1, 0.15) is 17.8 Å². The second kappa shape index (κ2) is 5.91. The van der Waals surface area contributed by atoms with Gasteiger partial charge >= 0.3 is 12.1 Å². The molecule has 1 amide bonds. The summed E-state index contributed by atoms with van der Waals surface area (Å²) in [5.41, 5.74) is 0. The first-order chi connectivity index (χ1) is 8.61. The van der Waals surface area contributed by atoms with Crippen molar-refractivity contribution in [3.8, 4) is 0 Å². The van der Waals surface area contributed by atoms with Crippen molar-refractivity contribution in [2.75, 3.05) is 6.54 Å². The van der Waals surface area contributed by atoms with E-state index in [-0.39, 0.29) is 4.88 Å². The zero-order valence-corrected chi connectivity index (χ0v) is 12.0. The van der Waals surface area contributed by atoms with Crippen molar-refractivity contribution in [3.63, 3.8) is 0 Å². The second-order valence-electron chi connectivity index (χ2n) is 3.67. The molecule has 0 bridgehead atoms. The minimum atomic E-state index is -4.66. The molecule has 1 N–H and O–H groups in total. The second-order valence-corrected chi connectivity index (χ2v) is 5.53. The van der Waals surface area contributed by atoms with Crippen molar-refractivity contribution >= 4 is 39.1 Å². The number of amides is 1. The fourth-order valence-corrected chi connectivity index (χ4v) is 3.01. The lowest BCUT2D eigenvalue weighted by Gasteiger charge is -2.28. The highest BCUT2D eigenvalue weighted by atomic mass is 79.9. The molecule has 0 aliphatic heterocycles. The topological polar surface area (TPSA) is 57.6 Å². The molecule has 9 heteroatoms. The number of carbonyl (C=O) groups is 2. The van der Waals surface area contributed by atoms with Crippen LogP contribution in [0.25, 0.3) is 0 Å². The quantitative estimate of drug-likeness (QED) is 0.898. The van der Waals surface area contributed by atoms with Crippen LogP contribution in [0.15, 0.2) is 15.9 Å². The minimum Gasteiger partial charge on any atom is -0.479 e. The fraction of sp³-hybridized carbons (Fsp3) is 0.400. The van der Waals surface area contributed by atoms with Crippen LogP contribution in [0.5, 0.6) is 0 Å². The molecule has 1 atom stereocenters. The van der Waals surface area contributed by atoms with Gasteiger partial charge in [0.1, 0.15) is 6.54 Å². The summed E-state index contributed by atoms with van der Waals surface area (Å²) in [6, 6.07) is -0.258. The Morgan fingerprint density at radius 2 is 2.11 bits per heavy atom. The number of alkyl halides is 3. The first-order valence-electron chi connectivity index (χ1n) is 4.92. The normalized spacial score (nSPS) is 13.1. The Balaban J connectivity index is 3.14. The Labute approximate surface area is 119 Å². The van der Waals surface area contributed by atoms with Gasteiger partial charge in [-0.05, 0) is 22.0 Å². The van der Waals surface area contributed by atoms with Crippen LogP contribution in [0.3, 0.4) is 0 Å². The summed E-state index contributed by atoms with van der Waals surface area (Å²) in [4.78, 5) is 22.9. The molecule has 0 aliphatic carbocycles. The van der Waals surface area contributed by atoms with Gasteiger partial charge in [-0.15, -0.1) is 11.3 Å². The third-order valence-electron chi connectivity index (χ3n) is 2.16. The highest BCUT2D eigenvalue weighted by Crippen LogP contribution is 2.32. The highest BCUT2D eigenvalue weighted by Gasteiger charge is 2.39. The molecule has 0 radical (unpaired) electrons. The Morgan fingerprint density at radius 3 is 2.42 bits per heavy atom. The third kappa shape index (κ3) is 4.50. The predicted molar refractivity (Wildman–Crippen MR) is 65.8 cm³/mol. The lowest BCUT2D eigenvalue weighted by molar-refractivity contribution is -0.171. The summed E-state index contributed by atoms with van der Waals surface area (Å²) >= 11 is 4.06. The van der Waals surface area contributed by atoms with E-state index in [9.17, 15) is 22.8 Å². The molecular formula is C10H9BrF3NO3S. The molecule has 106 valence electrons. The maximum absolute atomic E-state index is 12.4. The molecule has 1 unspecified atom stereocenters. The van der Waals surface area contributed by atoms with Crippen molar-refractivity contribution in [1.82, 2.24) is 4.90 Å². The summed E-state index contributed by atoms with van der Waals surface area (Å²) in [5, 5.41) is 10.6. The molecule has 0 aromatic carbocycles. The highest BCUT2D eigenvalue weighted by molar-refractivity contribution is 9.10. The van der Waals surface area contributed by atoms with E-state index in [4.69, 9.17) is 5.11 Å². The lowest BCUT2D eigenvalue weighted by atomic mass is 10.2. The van der Waals surface area contributed by atoms with Gasteiger partial charge in [0.25, 0.3) is 0 Å². The number of carboxylic acid groups (broad SMARTS) is 1. The van der Waals surface area contributed by atoms with E-state index >= 15 is 0 Å². The van der Waals surface area contributed by atoms with Crippen molar-refractivity contribution in [3.05, 3.63) is 20.8 Å². The number of carboxylic acids is 1. The minimum absolute atomic E-state index is 0.152. The SMILES string of the molecule is CC(=O)N(CC(F)(F)F)C(C(=O)O)c1cc(Br)cs1. The molecular weight excluding hydrogens is 351 g/mol. The van der Waals surface area contributed by atoms with Gasteiger partial charge in [0.2, 0.25) is 5.91 Å². The van der Waals surface area contributed by atoms with E-state index in [0.29, 0.717) is 9.37 Å². The van der Waals surface area contributed by atoms with Gasteiger partial charge in [-0.2, -0.15) is 13.2 Å². The Kier molecular flexibility index (Phi) is 4.97. The number of hydrogen-bond donors (Lipinski definition) is 1. The number of nitrogens with zero attached hydrogens (tertiary/aromatic N) is 1. The molecule has 4 nitrogen and oxygen atoms in total. The number of thiophene rings is 1. The number of carbonyl (C=O) groups excluding carboxylic acids is 1. The first-order valence-corrected chi connectivity index (χ1v) is 6.60. The van der Waals surface area contributed by atoms with Gasteiger partial charge < -0.3 is 10.0 Å². The zero-order chi connectivity index (χ0) is 14.8. The fourth-order valence-electron chi connectivity index (χ4n) is 1.46. The van der Waals surface area contributed by atoms with Crippen molar-refractivity contribution < 1.29 is 27.9 Å². The summed E-state index contributed by atoms with van der Waals surface area (Å²) in [5.74, 6) is -2.46. The van der Waals surface area contributed by atoms with E-state index in [0.717, 1.165) is 18.3 Å². The maximum atomic E-state index is 12.4. The van der Waals surface area contributed by atoms with Crippen molar-refractivity contribution in [2.24, 2.45) is 0 Å². The maximum Gasteiger partial charge on any atom is 0.406 e. The molecule has 19 heavy (non-hydrogen) atoms. The van der Waals surface area contributed by atoms with Crippen molar-refractivity contribution in [1.29, 1.82) is 0 Å². The van der Waals surface area contributed by atoms with Gasteiger partial charge in [0.05, 0.1) is 0 Å². The van der Waals surface area contributed by atoms with Gasteiger partial charge in [0, 0.05) is 21.7 Å². The molecule has 0 aliphatic rings. The zero-order valence-electron chi connectivity index (χ0n) is 9.57. The number of hydrogen-bond acceptors (Lipinski definition) is 3. The standard InChI is InChI=1S/C10H9BrF3NO3S/c1-5(16)15(4-10(12,13)14)8(9(17)18)7-2-6(11)3-19-7/h2-3,8H,4H2,1H3,(H,17,18). The summed E-state index contributed by atoms with van der Waals surface area (Å²) < 4.78 is 37.8. The van der Waals surface area contributed by atoms with Crippen LogP contribution in [-0.2, 0) is 9.59 Å². The first kappa shape index (κ1) is 16.0. The van der Waals surface area contributed by atoms with Crippen LogP contribution in [0, 0.1) is 0 Å². The van der Waals surface area contributed by atoms with E-state index in [1.54, 1.807) is 0 Å². The average molecular weight is 360 g/mol. The molecule has 1 aromatic heterocycles. The molecule has 0 saturated heterocycles. The van der Waals surface area contributed by atoms with E-state index in [1.165, 1.54) is 11.4 Å². The molecule has 0 spiro atoms. The van der Waals surface area contributed by atoms with Gasteiger partial charge in [-0.25, -0.2) is 4.79 Å². The Hall–Kier alpha value is -1.09. The number of halogens is 4. The Bertz CT molecular complexity index is 489. The third-order valence-corrected chi connectivity index (χ3v) is 3.90. The number of rotatable bonds is 4. The van der Waals surface area contributed by atoms with Crippen LogP contribution >= 0.6 is 27.3 Å². The van der Waals surface area contributed by atoms with Gasteiger partial charge in [0.15, 0.2) is 6.04 Å². The van der Waals surface area contributed by atoms with Crippen molar-refractivity contribution in [2.45, 2.75) is 19.1 Å². The van der Waals surface area contributed by atoms with Crippen LogP contribution in [-0.4, -0.2) is 34.6 Å². The van der Waals surface area contributed by atoms with E-state index in [1.807, 2.05) is 0 Å². The molecule has 1 heterocycles. The largest absolute Gasteiger partial charge is 0.479 e. The van der Waals surface area contributed by atoms with Gasteiger partial charge in [-0.1, -0.05) is 0 Å². The summed E-state index contributed by atoms with van der Waals surface area (Å²) in [6.45, 7) is -0.695. The molecule has 1 rings (SSSR count). The molecule has 0 fully saturated rings. The predicted octanol–water partition coefficient (Wildman–Crippen LogP) is 3.05. The van der Waals surface area contributed by atoms with Gasteiger partial charge in [-0.3, -0.25) is 4.79 Å². The average Bonchev–Trinajstić information content (AvgIpc) is 2.61. The molecule has 0 saturated carbocycles. The summed E-state index contributed by atoms with van der Waals surface area (Å²) in [7, 11) is 0. The Morgan fingerprint density at radius 1 is 1.53 bits per heavy atom. The van der Waals surface area contributed by atoms with E-state index in [2.05, 4.69) is 15.9 Å². The number of aliphatic carboxylic acids is 1. The monoisotopic (exact) mass is 359 g/mol. The summed E-state index contributed by atoms with van der Waals surface area (Å²) in [6.07, 6.45) is -4.66. The van der Waals surface area contributed by atoms with Crippen LogP contribution < -0.4 is 0 Å². The molecule has 1 aromatic rings. The van der Waals surface area contributed by atoms with Crippen LogP contribution in [0.2, 0.25) is 0 Å². The smallest absolute Gasteiger partial charge is 0.406 e. The lowest BCUT2D eigenvalue weighted by Crippen LogP contribution is -2.43. The van der Waals surface area contributed by atoms with E-state index < -0.39 is 30.6 Å². The van der Waals surface area contributed by atoms with Crippen LogP contribution in [0.4, 0.5) is 13.2 Å².